The normalized spacial score (nSPS) is 18.3. The maximum absolute atomic E-state index is 6.06. The predicted octanol–water partition coefficient (Wildman–Crippen LogP) is 1.81. The van der Waals surface area contributed by atoms with Crippen molar-refractivity contribution in [1.29, 1.82) is 0 Å². The first kappa shape index (κ1) is 13.9. The van der Waals surface area contributed by atoms with Gasteiger partial charge in [0, 0.05) is 19.8 Å². The van der Waals surface area contributed by atoms with E-state index < -0.39 is 0 Å². The van der Waals surface area contributed by atoms with Crippen LogP contribution in [0, 0.1) is 0 Å². The maximum atomic E-state index is 6.06. The predicted molar refractivity (Wildman–Crippen MR) is 86.4 cm³/mol. The number of piperidine rings is 1. The number of pyridine rings is 1. The monoisotopic (exact) mass is 310 g/mol. The number of aryl methyl sites for hydroxylation is 1. The minimum atomic E-state index is 0.134. The van der Waals surface area contributed by atoms with E-state index in [4.69, 9.17) is 4.74 Å². The molecule has 0 saturated carbocycles. The highest BCUT2D eigenvalue weighted by Crippen LogP contribution is 2.26. The molecule has 7 nitrogen and oxygen atoms in total. The lowest BCUT2D eigenvalue weighted by molar-refractivity contribution is 0.178. The molecule has 1 unspecified atom stereocenters. The smallest absolute Gasteiger partial charge is 0.163 e. The lowest BCUT2D eigenvalue weighted by atomic mass is 10.1. The van der Waals surface area contributed by atoms with Gasteiger partial charge in [0.05, 0.1) is 24.3 Å². The molecule has 0 spiro atoms. The van der Waals surface area contributed by atoms with Gasteiger partial charge in [0.2, 0.25) is 0 Å². The maximum Gasteiger partial charge on any atom is 0.163 e. The number of aromatic nitrogens is 5. The largest absolute Gasteiger partial charge is 0.487 e. The highest BCUT2D eigenvalue weighted by atomic mass is 16.5. The first-order valence-corrected chi connectivity index (χ1v) is 7.75. The Kier molecular flexibility index (Phi) is 3.53. The van der Waals surface area contributed by atoms with Gasteiger partial charge in [-0.3, -0.25) is 9.67 Å². The average Bonchev–Trinajstić information content (AvgIpc) is 2.98. The van der Waals surface area contributed by atoms with Gasteiger partial charge in [-0.05, 0) is 25.0 Å². The number of nitrogens with zero attached hydrogens (tertiary/aromatic N) is 6. The SMILES string of the molecule is Cn1ncc2c(N3CCCC(Oc4cccnc4)C3)ncnc21. The summed E-state index contributed by atoms with van der Waals surface area (Å²) in [6.07, 6.45) is 9.17. The summed E-state index contributed by atoms with van der Waals surface area (Å²) >= 11 is 0. The van der Waals surface area contributed by atoms with E-state index in [1.165, 1.54) is 0 Å². The fourth-order valence-corrected chi connectivity index (χ4v) is 3.04. The molecule has 1 atom stereocenters. The van der Waals surface area contributed by atoms with Crippen molar-refractivity contribution in [3.05, 3.63) is 37.1 Å². The zero-order valence-electron chi connectivity index (χ0n) is 13.0. The van der Waals surface area contributed by atoms with E-state index in [-0.39, 0.29) is 6.10 Å². The van der Waals surface area contributed by atoms with E-state index in [0.717, 1.165) is 48.5 Å². The third-order valence-corrected chi connectivity index (χ3v) is 4.12. The summed E-state index contributed by atoms with van der Waals surface area (Å²) in [6.45, 7) is 1.77. The average molecular weight is 310 g/mol. The Morgan fingerprint density at radius 1 is 1.26 bits per heavy atom. The zero-order valence-corrected chi connectivity index (χ0v) is 13.0. The Labute approximate surface area is 133 Å². The lowest BCUT2D eigenvalue weighted by Crippen LogP contribution is -2.41. The van der Waals surface area contributed by atoms with Crippen molar-refractivity contribution in [2.45, 2.75) is 18.9 Å². The van der Waals surface area contributed by atoms with E-state index in [1.54, 1.807) is 23.4 Å². The van der Waals surface area contributed by atoms with Crippen LogP contribution in [-0.4, -0.2) is 43.9 Å². The van der Waals surface area contributed by atoms with Crippen LogP contribution in [0.5, 0.6) is 5.75 Å². The molecule has 1 fully saturated rings. The van der Waals surface area contributed by atoms with Crippen LogP contribution in [0.4, 0.5) is 5.82 Å². The highest BCUT2D eigenvalue weighted by molar-refractivity contribution is 5.86. The van der Waals surface area contributed by atoms with Crippen molar-refractivity contribution < 1.29 is 4.74 Å². The Balaban J connectivity index is 1.57. The van der Waals surface area contributed by atoms with Crippen LogP contribution in [0.3, 0.4) is 0 Å². The van der Waals surface area contributed by atoms with Gasteiger partial charge in [0.15, 0.2) is 5.65 Å². The van der Waals surface area contributed by atoms with Crippen LogP contribution < -0.4 is 9.64 Å². The van der Waals surface area contributed by atoms with Gasteiger partial charge in [-0.15, -0.1) is 0 Å². The van der Waals surface area contributed by atoms with Crippen molar-refractivity contribution in [2.24, 2.45) is 7.05 Å². The number of rotatable bonds is 3. The third-order valence-electron chi connectivity index (χ3n) is 4.12. The number of anilines is 1. The molecule has 1 aliphatic rings. The second-order valence-electron chi connectivity index (χ2n) is 5.72. The summed E-state index contributed by atoms with van der Waals surface area (Å²) in [4.78, 5) is 15.1. The molecule has 3 aromatic rings. The number of hydrogen-bond donors (Lipinski definition) is 0. The first-order valence-electron chi connectivity index (χ1n) is 7.75. The summed E-state index contributed by atoms with van der Waals surface area (Å²) in [7, 11) is 1.89. The fraction of sp³-hybridized carbons (Fsp3) is 0.375. The first-order chi connectivity index (χ1) is 11.3. The lowest BCUT2D eigenvalue weighted by Gasteiger charge is -2.33. The Morgan fingerprint density at radius 3 is 3.09 bits per heavy atom. The molecule has 0 N–H and O–H groups in total. The van der Waals surface area contributed by atoms with Gasteiger partial charge >= 0.3 is 0 Å². The number of ether oxygens (including phenoxy) is 1. The molecule has 23 heavy (non-hydrogen) atoms. The van der Waals surface area contributed by atoms with Crippen LogP contribution in [-0.2, 0) is 7.05 Å². The minimum absolute atomic E-state index is 0.134. The summed E-state index contributed by atoms with van der Waals surface area (Å²) in [5, 5.41) is 5.27. The van der Waals surface area contributed by atoms with E-state index in [1.807, 2.05) is 25.4 Å². The van der Waals surface area contributed by atoms with Gasteiger partial charge < -0.3 is 9.64 Å². The number of fused-ring (bicyclic) bond motifs is 1. The van der Waals surface area contributed by atoms with Crippen molar-refractivity contribution in [3.63, 3.8) is 0 Å². The highest BCUT2D eigenvalue weighted by Gasteiger charge is 2.24. The molecule has 118 valence electrons. The Hall–Kier alpha value is -2.70. The Morgan fingerprint density at radius 2 is 2.22 bits per heavy atom. The third kappa shape index (κ3) is 2.69. The molecule has 0 amide bonds. The molecule has 0 aliphatic carbocycles. The van der Waals surface area contributed by atoms with Crippen LogP contribution >= 0.6 is 0 Å². The summed E-state index contributed by atoms with van der Waals surface area (Å²) in [5.74, 6) is 1.75. The van der Waals surface area contributed by atoms with Crippen LogP contribution in [0.2, 0.25) is 0 Å². The van der Waals surface area contributed by atoms with Crippen LogP contribution in [0.1, 0.15) is 12.8 Å². The van der Waals surface area contributed by atoms with Gasteiger partial charge in [-0.25, -0.2) is 9.97 Å². The molecule has 0 radical (unpaired) electrons. The van der Waals surface area contributed by atoms with Crippen molar-refractivity contribution in [1.82, 2.24) is 24.7 Å². The molecule has 4 heterocycles. The van der Waals surface area contributed by atoms with Crippen molar-refractivity contribution in [2.75, 3.05) is 18.0 Å². The van der Waals surface area contributed by atoms with E-state index in [0.29, 0.717) is 0 Å². The van der Waals surface area contributed by atoms with Crippen LogP contribution in [0.15, 0.2) is 37.1 Å². The summed E-state index contributed by atoms with van der Waals surface area (Å²) in [5.41, 5.74) is 0.852. The number of hydrogen-bond acceptors (Lipinski definition) is 6. The van der Waals surface area contributed by atoms with Crippen molar-refractivity contribution in [3.8, 4) is 5.75 Å². The van der Waals surface area contributed by atoms with Crippen molar-refractivity contribution >= 4 is 16.9 Å². The van der Waals surface area contributed by atoms with Gasteiger partial charge in [-0.2, -0.15) is 5.10 Å². The van der Waals surface area contributed by atoms with E-state index in [2.05, 4.69) is 25.0 Å². The summed E-state index contributed by atoms with van der Waals surface area (Å²) in [6, 6.07) is 3.83. The molecule has 7 heteroatoms. The minimum Gasteiger partial charge on any atom is -0.487 e. The quantitative estimate of drug-likeness (QED) is 0.735. The van der Waals surface area contributed by atoms with Gasteiger partial charge in [0.25, 0.3) is 0 Å². The standard InChI is InChI=1S/C16H18N6O/c1-21-15-14(9-20-21)16(19-11-18-15)22-7-3-5-13(10-22)23-12-4-2-6-17-8-12/h2,4,6,8-9,11,13H,3,5,7,10H2,1H3. The van der Waals surface area contributed by atoms with E-state index in [9.17, 15) is 0 Å². The molecular formula is C16H18N6O. The molecule has 3 aromatic heterocycles. The topological polar surface area (TPSA) is 69.0 Å². The fourth-order valence-electron chi connectivity index (χ4n) is 3.04. The van der Waals surface area contributed by atoms with Gasteiger partial charge in [-0.1, -0.05) is 0 Å². The second kappa shape index (κ2) is 5.83. The van der Waals surface area contributed by atoms with Crippen LogP contribution in [0.25, 0.3) is 11.0 Å². The molecule has 0 bridgehead atoms. The Bertz CT molecular complexity index is 803. The molecule has 1 saturated heterocycles. The second-order valence-corrected chi connectivity index (χ2v) is 5.72. The molecule has 4 rings (SSSR count). The van der Waals surface area contributed by atoms with Gasteiger partial charge in [0.1, 0.15) is 24.0 Å². The molecule has 0 aromatic carbocycles. The zero-order chi connectivity index (χ0) is 15.6. The molecular weight excluding hydrogens is 292 g/mol. The summed E-state index contributed by atoms with van der Waals surface area (Å²) < 4.78 is 7.83. The molecule has 1 aliphatic heterocycles. The van der Waals surface area contributed by atoms with E-state index >= 15 is 0 Å².